The van der Waals surface area contributed by atoms with Gasteiger partial charge in [-0.2, -0.15) is 5.26 Å². The molecule has 0 aromatic carbocycles. The highest BCUT2D eigenvalue weighted by molar-refractivity contribution is 5.78. The van der Waals surface area contributed by atoms with Gasteiger partial charge < -0.3 is 10.6 Å². The first-order valence-electron chi connectivity index (χ1n) is 7.36. The minimum atomic E-state index is 0.0444. The van der Waals surface area contributed by atoms with Gasteiger partial charge in [0.05, 0.1) is 19.0 Å². The summed E-state index contributed by atoms with van der Waals surface area (Å²) in [7, 11) is 0. The smallest absolute Gasteiger partial charge is 0.234 e. The van der Waals surface area contributed by atoms with Gasteiger partial charge in [0.2, 0.25) is 5.91 Å². The van der Waals surface area contributed by atoms with Crippen LogP contribution in [0.3, 0.4) is 0 Å². The first-order valence-corrected chi connectivity index (χ1v) is 7.36. The minimum Gasteiger partial charge on any atom is -0.354 e. The molecule has 0 saturated carbocycles. The van der Waals surface area contributed by atoms with E-state index >= 15 is 0 Å². The maximum Gasteiger partial charge on any atom is 0.234 e. The average molecular weight is 264 g/mol. The van der Waals surface area contributed by atoms with E-state index in [0.717, 1.165) is 19.4 Å². The normalized spacial score (nSPS) is 29.2. The Morgan fingerprint density at radius 1 is 1.42 bits per heavy atom. The van der Waals surface area contributed by atoms with E-state index in [-0.39, 0.29) is 5.91 Å². The maximum atomic E-state index is 11.8. The predicted molar refractivity (Wildman–Crippen MR) is 73.5 cm³/mol. The second-order valence-electron chi connectivity index (χ2n) is 5.58. The number of fused-ring (bicyclic) bond motifs is 2. The molecule has 2 saturated heterocycles. The van der Waals surface area contributed by atoms with Crippen LogP contribution in [0.2, 0.25) is 0 Å². The summed E-state index contributed by atoms with van der Waals surface area (Å²) < 4.78 is 0. The fraction of sp³-hybridized carbons (Fsp3) is 0.857. The van der Waals surface area contributed by atoms with E-state index in [0.29, 0.717) is 37.6 Å². The topological polar surface area (TPSA) is 68.2 Å². The van der Waals surface area contributed by atoms with Gasteiger partial charge in [-0.1, -0.05) is 6.92 Å². The van der Waals surface area contributed by atoms with Gasteiger partial charge >= 0.3 is 0 Å². The third-order valence-corrected chi connectivity index (χ3v) is 4.28. The van der Waals surface area contributed by atoms with Crippen molar-refractivity contribution in [3.8, 4) is 6.07 Å². The minimum absolute atomic E-state index is 0.0444. The summed E-state index contributed by atoms with van der Waals surface area (Å²) >= 11 is 0. The van der Waals surface area contributed by atoms with Gasteiger partial charge in [-0.3, -0.25) is 9.69 Å². The van der Waals surface area contributed by atoms with Crippen molar-refractivity contribution in [3.05, 3.63) is 0 Å². The van der Waals surface area contributed by atoms with Crippen LogP contribution in [0, 0.1) is 11.3 Å². The Kier molecular flexibility index (Phi) is 5.17. The Morgan fingerprint density at radius 3 is 2.68 bits per heavy atom. The first kappa shape index (κ1) is 14.3. The fourth-order valence-corrected chi connectivity index (χ4v) is 3.32. The molecule has 2 heterocycles. The predicted octanol–water partition coefficient (Wildman–Crippen LogP) is 0.621. The summed E-state index contributed by atoms with van der Waals surface area (Å²) in [5, 5.41) is 14.9. The van der Waals surface area contributed by atoms with Crippen LogP contribution in [-0.2, 0) is 4.79 Å². The van der Waals surface area contributed by atoms with Crippen molar-refractivity contribution < 1.29 is 4.79 Å². The summed E-state index contributed by atoms with van der Waals surface area (Å²) in [6, 6.07) is 3.87. The van der Waals surface area contributed by atoms with Gasteiger partial charge in [0.1, 0.15) is 0 Å². The summed E-state index contributed by atoms with van der Waals surface area (Å²) in [5.41, 5.74) is 0. The van der Waals surface area contributed by atoms with Crippen LogP contribution in [0.25, 0.3) is 0 Å². The molecule has 1 amide bonds. The molecule has 2 N–H and O–H groups in total. The molecule has 2 unspecified atom stereocenters. The number of nitrogens with zero attached hydrogens (tertiary/aromatic N) is 2. The number of piperidine rings is 1. The lowest BCUT2D eigenvalue weighted by Crippen LogP contribution is -2.50. The quantitative estimate of drug-likeness (QED) is 0.690. The van der Waals surface area contributed by atoms with Crippen LogP contribution in [0.1, 0.15) is 39.0 Å². The highest BCUT2D eigenvalue weighted by Gasteiger charge is 2.35. The number of hydrogen-bond acceptors (Lipinski definition) is 4. The van der Waals surface area contributed by atoms with Crippen molar-refractivity contribution in [2.24, 2.45) is 0 Å². The van der Waals surface area contributed by atoms with Crippen molar-refractivity contribution >= 4 is 5.91 Å². The largest absolute Gasteiger partial charge is 0.354 e. The van der Waals surface area contributed by atoms with Crippen LogP contribution < -0.4 is 10.6 Å². The average Bonchev–Trinajstić information content (AvgIpc) is 2.75. The zero-order chi connectivity index (χ0) is 13.7. The van der Waals surface area contributed by atoms with E-state index in [1.165, 1.54) is 12.8 Å². The molecule has 2 bridgehead atoms. The van der Waals surface area contributed by atoms with Crippen LogP contribution in [-0.4, -0.2) is 48.6 Å². The molecule has 0 aliphatic carbocycles. The molecule has 2 aliphatic heterocycles. The molecule has 0 aromatic heterocycles. The van der Waals surface area contributed by atoms with Crippen molar-refractivity contribution in [1.82, 2.24) is 15.5 Å². The van der Waals surface area contributed by atoms with Gasteiger partial charge in [0.25, 0.3) is 0 Å². The third-order valence-electron chi connectivity index (χ3n) is 4.28. The molecule has 0 aromatic rings. The molecule has 0 spiro atoms. The van der Waals surface area contributed by atoms with E-state index in [1.807, 2.05) is 6.07 Å². The van der Waals surface area contributed by atoms with E-state index in [2.05, 4.69) is 22.5 Å². The zero-order valence-corrected chi connectivity index (χ0v) is 11.7. The molecular weight excluding hydrogens is 240 g/mol. The summed E-state index contributed by atoms with van der Waals surface area (Å²) in [4.78, 5) is 14.1. The number of nitrogens with one attached hydrogen (secondary N) is 2. The number of carbonyl (C=O) groups excluding carboxylic acids is 1. The lowest BCUT2D eigenvalue weighted by atomic mass is 9.98. The van der Waals surface area contributed by atoms with Gasteiger partial charge in [-0.15, -0.1) is 0 Å². The first-order chi connectivity index (χ1) is 9.22. The van der Waals surface area contributed by atoms with E-state index < -0.39 is 0 Å². The molecular formula is C14H24N4O. The van der Waals surface area contributed by atoms with Crippen LogP contribution in [0.15, 0.2) is 0 Å². The monoisotopic (exact) mass is 264 g/mol. The third kappa shape index (κ3) is 3.92. The fourth-order valence-electron chi connectivity index (χ4n) is 3.32. The van der Waals surface area contributed by atoms with Gasteiger partial charge in [0.15, 0.2) is 0 Å². The molecule has 106 valence electrons. The van der Waals surface area contributed by atoms with E-state index in [9.17, 15) is 4.79 Å². The van der Waals surface area contributed by atoms with Gasteiger partial charge in [-0.25, -0.2) is 0 Å². The highest BCUT2D eigenvalue weighted by atomic mass is 16.2. The lowest BCUT2D eigenvalue weighted by molar-refractivity contribution is -0.122. The Hall–Kier alpha value is -1.12. The molecule has 2 rings (SSSR count). The number of carbonyl (C=O) groups is 1. The van der Waals surface area contributed by atoms with Crippen LogP contribution >= 0.6 is 0 Å². The standard InChI is InChI=1S/C14H24N4O/c1-2-18(10-14(19)16-7-3-6-15)13-8-11-4-5-12(9-13)17-11/h11-13,17H,2-5,7-10H2,1H3,(H,16,19). The molecule has 5 nitrogen and oxygen atoms in total. The Bertz CT molecular complexity index is 340. The Morgan fingerprint density at radius 2 is 2.11 bits per heavy atom. The SMILES string of the molecule is CCN(CC(=O)NCCC#N)C1CC2CCC(C1)N2. The number of likely N-dealkylation sites (N-methyl/N-ethyl adjacent to an activating group) is 1. The maximum absolute atomic E-state index is 11.8. The number of rotatable bonds is 6. The molecule has 19 heavy (non-hydrogen) atoms. The van der Waals surface area contributed by atoms with Crippen molar-refractivity contribution in [2.75, 3.05) is 19.6 Å². The van der Waals surface area contributed by atoms with Crippen LogP contribution in [0.5, 0.6) is 0 Å². The summed E-state index contributed by atoms with van der Waals surface area (Å²) in [6.45, 7) is 3.96. The van der Waals surface area contributed by atoms with Crippen molar-refractivity contribution in [3.63, 3.8) is 0 Å². The lowest BCUT2D eigenvalue weighted by Gasteiger charge is -2.36. The van der Waals surface area contributed by atoms with Crippen molar-refractivity contribution in [2.45, 2.75) is 57.2 Å². The Balaban J connectivity index is 1.79. The second-order valence-corrected chi connectivity index (χ2v) is 5.58. The number of amides is 1. The Labute approximate surface area is 115 Å². The molecule has 2 atom stereocenters. The van der Waals surface area contributed by atoms with Crippen LogP contribution in [0.4, 0.5) is 0 Å². The second kappa shape index (κ2) is 6.88. The molecule has 2 fully saturated rings. The van der Waals surface area contributed by atoms with Crippen molar-refractivity contribution in [1.29, 1.82) is 5.26 Å². The molecule has 0 radical (unpaired) electrons. The number of hydrogen-bond donors (Lipinski definition) is 2. The summed E-state index contributed by atoms with van der Waals surface area (Å²) in [5.74, 6) is 0.0444. The van der Waals surface area contributed by atoms with E-state index in [1.54, 1.807) is 0 Å². The molecule has 5 heteroatoms. The van der Waals surface area contributed by atoms with Gasteiger partial charge in [-0.05, 0) is 32.2 Å². The zero-order valence-electron chi connectivity index (χ0n) is 11.7. The number of nitriles is 1. The molecule has 2 aliphatic rings. The van der Waals surface area contributed by atoms with E-state index in [4.69, 9.17) is 5.26 Å². The highest BCUT2D eigenvalue weighted by Crippen LogP contribution is 2.29. The van der Waals surface area contributed by atoms with Gasteiger partial charge in [0, 0.05) is 24.7 Å². The summed E-state index contributed by atoms with van der Waals surface area (Å²) in [6.07, 6.45) is 5.28.